The third kappa shape index (κ3) is 5.21. The van der Waals surface area contributed by atoms with Crippen LogP contribution in [0.25, 0.3) is 0 Å². The fourth-order valence-corrected chi connectivity index (χ4v) is 1.62. The van der Waals surface area contributed by atoms with Crippen LogP contribution in [0.5, 0.6) is 0 Å². The Bertz CT molecular complexity index is 444. The van der Waals surface area contributed by atoms with Gasteiger partial charge in [-0.1, -0.05) is 12.1 Å². The highest BCUT2D eigenvalue weighted by atomic mass is 19.4. The van der Waals surface area contributed by atoms with Crippen LogP contribution < -0.4 is 5.32 Å². The summed E-state index contributed by atoms with van der Waals surface area (Å²) in [4.78, 5) is 11.8. The first kappa shape index (κ1) is 16.5. The van der Waals surface area contributed by atoms with Crippen molar-refractivity contribution in [1.82, 2.24) is 5.32 Å². The predicted molar refractivity (Wildman–Crippen MR) is 69.5 cm³/mol. The second-order valence-electron chi connectivity index (χ2n) is 4.57. The van der Waals surface area contributed by atoms with Crippen LogP contribution in [0, 0.1) is 0 Å². The quantitative estimate of drug-likeness (QED) is 0.816. The molecular formula is C14H18F3NO2. The second kappa shape index (κ2) is 7.28. The zero-order valence-electron chi connectivity index (χ0n) is 11.5. The van der Waals surface area contributed by atoms with E-state index in [4.69, 9.17) is 4.74 Å². The van der Waals surface area contributed by atoms with Crippen molar-refractivity contribution < 1.29 is 22.7 Å². The average Bonchev–Trinajstić information content (AvgIpc) is 2.36. The summed E-state index contributed by atoms with van der Waals surface area (Å²) in [7, 11) is 0. The number of nitrogens with one attached hydrogen (secondary N) is 1. The van der Waals surface area contributed by atoms with E-state index in [9.17, 15) is 18.0 Å². The van der Waals surface area contributed by atoms with E-state index in [0.717, 1.165) is 6.07 Å². The maximum absolute atomic E-state index is 12.7. The molecule has 6 heteroatoms. The zero-order chi connectivity index (χ0) is 15.2. The molecule has 0 saturated heterocycles. The number of alkyl halides is 3. The third-order valence-electron chi connectivity index (χ3n) is 2.53. The van der Waals surface area contributed by atoms with Gasteiger partial charge in [0, 0.05) is 13.2 Å². The predicted octanol–water partition coefficient (Wildman–Crippen LogP) is 3.25. The molecule has 20 heavy (non-hydrogen) atoms. The lowest BCUT2D eigenvalue weighted by Crippen LogP contribution is -2.28. The highest BCUT2D eigenvalue weighted by Gasteiger charge is 2.34. The van der Waals surface area contributed by atoms with Gasteiger partial charge in [0.2, 0.25) is 0 Å². The normalized spacial score (nSPS) is 11.7. The van der Waals surface area contributed by atoms with Gasteiger partial charge in [-0.05, 0) is 32.4 Å². The maximum atomic E-state index is 12.7. The topological polar surface area (TPSA) is 38.3 Å². The lowest BCUT2D eigenvalue weighted by Gasteiger charge is -2.13. The van der Waals surface area contributed by atoms with Crippen LogP contribution in [0.1, 0.15) is 36.2 Å². The van der Waals surface area contributed by atoms with Crippen molar-refractivity contribution in [2.75, 3.05) is 13.2 Å². The SMILES string of the molecule is CC(C)OCCCNC(=O)c1ccccc1C(F)(F)F. The van der Waals surface area contributed by atoms with Crippen molar-refractivity contribution in [3.63, 3.8) is 0 Å². The van der Waals surface area contributed by atoms with Gasteiger partial charge in [0.1, 0.15) is 0 Å². The molecular weight excluding hydrogens is 271 g/mol. The van der Waals surface area contributed by atoms with Crippen molar-refractivity contribution >= 4 is 5.91 Å². The van der Waals surface area contributed by atoms with Crippen LogP contribution >= 0.6 is 0 Å². The first-order valence-electron chi connectivity index (χ1n) is 6.38. The number of ether oxygens (including phenoxy) is 1. The van der Waals surface area contributed by atoms with Gasteiger partial charge in [0.15, 0.2) is 0 Å². The number of carbonyl (C=O) groups excluding carboxylic acids is 1. The summed E-state index contributed by atoms with van der Waals surface area (Å²) in [6.45, 7) is 4.51. The Hall–Kier alpha value is -1.56. The van der Waals surface area contributed by atoms with Crippen molar-refractivity contribution in [2.45, 2.75) is 32.5 Å². The van der Waals surface area contributed by atoms with E-state index < -0.39 is 17.6 Å². The molecule has 0 aliphatic heterocycles. The first-order chi connectivity index (χ1) is 9.32. The van der Waals surface area contributed by atoms with Crippen LogP contribution in [-0.4, -0.2) is 25.2 Å². The van der Waals surface area contributed by atoms with Crippen LogP contribution in [0.2, 0.25) is 0 Å². The van der Waals surface area contributed by atoms with Crippen molar-refractivity contribution in [2.24, 2.45) is 0 Å². The summed E-state index contributed by atoms with van der Waals surface area (Å²) in [6, 6.07) is 4.74. The Morgan fingerprint density at radius 2 is 1.95 bits per heavy atom. The fourth-order valence-electron chi connectivity index (χ4n) is 1.62. The maximum Gasteiger partial charge on any atom is 0.417 e. The Labute approximate surface area is 116 Å². The molecule has 0 aliphatic rings. The third-order valence-corrected chi connectivity index (χ3v) is 2.53. The number of benzene rings is 1. The van der Waals surface area contributed by atoms with Gasteiger partial charge in [-0.3, -0.25) is 4.79 Å². The summed E-state index contributed by atoms with van der Waals surface area (Å²) in [5.41, 5.74) is -1.28. The molecule has 0 bridgehead atoms. The molecule has 1 rings (SSSR count). The summed E-state index contributed by atoms with van der Waals surface area (Å²) in [6.07, 6.45) is -3.89. The Balaban J connectivity index is 2.56. The van der Waals surface area contributed by atoms with Crippen molar-refractivity contribution in [3.8, 4) is 0 Å². The lowest BCUT2D eigenvalue weighted by atomic mass is 10.1. The molecule has 0 fully saturated rings. The van der Waals surface area contributed by atoms with Crippen LogP contribution in [-0.2, 0) is 10.9 Å². The fraction of sp³-hybridized carbons (Fsp3) is 0.500. The summed E-state index contributed by atoms with van der Waals surface area (Å²) < 4.78 is 43.5. The Kier molecular flexibility index (Phi) is 6.01. The van der Waals surface area contributed by atoms with E-state index in [-0.39, 0.29) is 18.2 Å². The summed E-state index contributed by atoms with van der Waals surface area (Å²) in [5, 5.41) is 2.47. The molecule has 0 aromatic heterocycles. The number of halogens is 3. The summed E-state index contributed by atoms with van der Waals surface area (Å²) >= 11 is 0. The van der Waals surface area contributed by atoms with Gasteiger partial charge in [-0.2, -0.15) is 13.2 Å². The van der Waals surface area contributed by atoms with E-state index in [1.165, 1.54) is 18.2 Å². The molecule has 112 valence electrons. The number of hydrogen-bond acceptors (Lipinski definition) is 2. The molecule has 3 nitrogen and oxygen atoms in total. The van der Waals surface area contributed by atoms with Gasteiger partial charge >= 0.3 is 6.18 Å². The highest BCUT2D eigenvalue weighted by Crippen LogP contribution is 2.31. The minimum absolute atomic E-state index is 0.0941. The molecule has 1 N–H and O–H groups in total. The Morgan fingerprint density at radius 3 is 2.55 bits per heavy atom. The van der Waals surface area contributed by atoms with E-state index in [1.807, 2.05) is 13.8 Å². The van der Waals surface area contributed by atoms with E-state index in [1.54, 1.807) is 0 Å². The molecule has 1 aromatic carbocycles. The molecule has 1 amide bonds. The number of hydrogen-bond donors (Lipinski definition) is 1. The van der Waals surface area contributed by atoms with Gasteiger partial charge in [-0.25, -0.2) is 0 Å². The average molecular weight is 289 g/mol. The number of carbonyl (C=O) groups is 1. The van der Waals surface area contributed by atoms with Crippen LogP contribution in [0.15, 0.2) is 24.3 Å². The van der Waals surface area contributed by atoms with Crippen LogP contribution in [0.3, 0.4) is 0 Å². The Morgan fingerprint density at radius 1 is 1.30 bits per heavy atom. The largest absolute Gasteiger partial charge is 0.417 e. The van der Waals surface area contributed by atoms with Gasteiger partial charge in [0.25, 0.3) is 5.91 Å². The molecule has 0 saturated carbocycles. The standard InChI is InChI=1S/C14H18F3NO2/c1-10(2)20-9-5-8-18-13(19)11-6-3-4-7-12(11)14(15,16)17/h3-4,6-7,10H,5,8-9H2,1-2H3,(H,18,19). The molecule has 0 heterocycles. The van der Waals surface area contributed by atoms with Gasteiger partial charge in [0.05, 0.1) is 17.2 Å². The smallest absolute Gasteiger partial charge is 0.379 e. The molecule has 1 aromatic rings. The summed E-state index contributed by atoms with van der Waals surface area (Å²) in [5.74, 6) is -0.720. The van der Waals surface area contributed by atoms with Crippen molar-refractivity contribution in [3.05, 3.63) is 35.4 Å². The lowest BCUT2D eigenvalue weighted by molar-refractivity contribution is -0.137. The molecule has 0 spiro atoms. The minimum atomic E-state index is -4.53. The monoisotopic (exact) mass is 289 g/mol. The zero-order valence-corrected chi connectivity index (χ0v) is 11.5. The van der Waals surface area contributed by atoms with E-state index in [0.29, 0.717) is 13.0 Å². The number of rotatable bonds is 6. The second-order valence-corrected chi connectivity index (χ2v) is 4.57. The van der Waals surface area contributed by atoms with Gasteiger partial charge < -0.3 is 10.1 Å². The number of amides is 1. The van der Waals surface area contributed by atoms with E-state index in [2.05, 4.69) is 5.32 Å². The van der Waals surface area contributed by atoms with Gasteiger partial charge in [-0.15, -0.1) is 0 Å². The highest BCUT2D eigenvalue weighted by molar-refractivity contribution is 5.95. The molecule has 0 radical (unpaired) electrons. The van der Waals surface area contributed by atoms with Crippen molar-refractivity contribution in [1.29, 1.82) is 0 Å². The molecule has 0 atom stereocenters. The molecule has 0 aliphatic carbocycles. The minimum Gasteiger partial charge on any atom is -0.379 e. The van der Waals surface area contributed by atoms with Crippen LogP contribution in [0.4, 0.5) is 13.2 Å². The van der Waals surface area contributed by atoms with E-state index >= 15 is 0 Å². The first-order valence-corrected chi connectivity index (χ1v) is 6.38. The molecule has 0 unspecified atom stereocenters.